The average Bonchev–Trinajstić information content (AvgIpc) is 3.70. The molecule has 4 unspecified atom stereocenters. The molecule has 0 aliphatic carbocycles. The number of rotatable bonds is 15. The second kappa shape index (κ2) is 22.3. The van der Waals surface area contributed by atoms with Crippen LogP contribution in [0, 0.1) is 0 Å². The molecule has 46 heavy (non-hydrogen) atoms. The van der Waals surface area contributed by atoms with E-state index in [0.29, 0.717) is 60.8 Å². The summed E-state index contributed by atoms with van der Waals surface area (Å²) in [5, 5.41) is 12.6. The molecule has 0 bridgehead atoms. The number of fused-ring (bicyclic) bond motifs is 2. The van der Waals surface area contributed by atoms with Gasteiger partial charge in [-0.25, -0.2) is 16.8 Å². The first-order valence-electron chi connectivity index (χ1n) is 14.7. The number of methoxy groups -OCH3 is 1. The van der Waals surface area contributed by atoms with Gasteiger partial charge < -0.3 is 28.8 Å². The van der Waals surface area contributed by atoms with Gasteiger partial charge in [0.2, 0.25) is 0 Å². The van der Waals surface area contributed by atoms with E-state index in [1.165, 1.54) is 31.3 Å². The van der Waals surface area contributed by atoms with Gasteiger partial charge in [0.05, 0.1) is 0 Å². The van der Waals surface area contributed by atoms with E-state index in [0.717, 1.165) is 30.0 Å². The van der Waals surface area contributed by atoms with E-state index >= 15 is 0 Å². The van der Waals surface area contributed by atoms with Gasteiger partial charge in [0.1, 0.15) is 20.6 Å². The minimum atomic E-state index is -3.43. The summed E-state index contributed by atoms with van der Waals surface area (Å²) in [5.41, 5.74) is 1.49. The molecule has 0 N–H and O–H groups in total. The standard InChI is InChI=1S/C14H23NO5S2.C13H20BrNO4S2.CH3O.Na/c1-4-19-11(2)20-13-10-15(7-5-8-18-3)22(16,17)14-12(13)6-9-21-14;1-3-18-10(2)19-12-9-15(7-4-6-14)21(16,17)13-11(12)5-8-20-13;1-2;/h6,9,11,13H,4-5,7-8,10H2,1-3H3;5,8,10,12H,3-4,6-7,9H2,1-2H3;1H3;/q;;-1;+1. The van der Waals surface area contributed by atoms with Crippen molar-refractivity contribution in [3.8, 4) is 0 Å². The Morgan fingerprint density at radius 2 is 1.26 bits per heavy atom. The largest absolute Gasteiger partial charge is 1.00 e. The van der Waals surface area contributed by atoms with Gasteiger partial charge >= 0.3 is 29.6 Å². The van der Waals surface area contributed by atoms with Crippen LogP contribution in [-0.4, -0.2) is 104 Å². The molecule has 4 heterocycles. The van der Waals surface area contributed by atoms with E-state index in [-0.39, 0.29) is 54.3 Å². The first-order chi connectivity index (χ1) is 21.5. The molecule has 0 amide bonds. The van der Waals surface area contributed by atoms with Crippen molar-refractivity contribution in [3.63, 3.8) is 0 Å². The number of halogens is 1. The van der Waals surface area contributed by atoms with Gasteiger partial charge in [0.25, 0.3) is 20.0 Å². The fourth-order valence-corrected chi connectivity index (χ4v) is 11.2. The Labute approximate surface area is 313 Å². The predicted molar refractivity (Wildman–Crippen MR) is 177 cm³/mol. The number of ether oxygens (including phenoxy) is 5. The summed E-state index contributed by atoms with van der Waals surface area (Å²) >= 11 is 5.83. The Kier molecular flexibility index (Phi) is 21.6. The second-order valence-corrected chi connectivity index (χ2v) is 16.6. The Bertz CT molecular complexity index is 1350. The normalized spacial score (nSPS) is 21.3. The molecular formula is C28H46BrN2NaO10S4. The summed E-state index contributed by atoms with van der Waals surface area (Å²) in [6.07, 6.45) is 0.133. The van der Waals surface area contributed by atoms with E-state index in [4.69, 9.17) is 28.8 Å². The maximum atomic E-state index is 12.6. The van der Waals surface area contributed by atoms with Crippen LogP contribution in [-0.2, 0) is 43.7 Å². The second-order valence-electron chi connectivity index (χ2n) is 9.74. The number of sulfonamides is 2. The third kappa shape index (κ3) is 12.1. The van der Waals surface area contributed by atoms with Gasteiger partial charge in [0, 0.05) is 69.6 Å². The molecule has 0 saturated heterocycles. The summed E-state index contributed by atoms with van der Waals surface area (Å²) in [6, 6.07) is 3.66. The molecule has 0 aromatic carbocycles. The van der Waals surface area contributed by atoms with Crippen molar-refractivity contribution in [2.24, 2.45) is 0 Å². The Balaban J connectivity index is 0.000000428. The van der Waals surface area contributed by atoms with Crippen LogP contribution in [0.3, 0.4) is 0 Å². The van der Waals surface area contributed by atoms with Crippen molar-refractivity contribution in [2.45, 2.75) is 73.7 Å². The maximum absolute atomic E-state index is 12.6. The molecule has 2 aromatic rings. The van der Waals surface area contributed by atoms with E-state index in [1.807, 2.05) is 39.8 Å². The van der Waals surface area contributed by atoms with E-state index in [9.17, 15) is 16.8 Å². The van der Waals surface area contributed by atoms with E-state index < -0.39 is 20.0 Å². The number of hydrogen-bond acceptors (Lipinski definition) is 12. The Morgan fingerprint density at radius 3 is 1.63 bits per heavy atom. The zero-order chi connectivity index (χ0) is 33.6. The van der Waals surface area contributed by atoms with Gasteiger partial charge in [-0.3, -0.25) is 0 Å². The number of hydrogen-bond donors (Lipinski definition) is 0. The smallest absolute Gasteiger partial charge is 0.857 e. The quantitative estimate of drug-likeness (QED) is 0.112. The van der Waals surface area contributed by atoms with Crippen LogP contribution in [0.25, 0.3) is 0 Å². The van der Waals surface area contributed by atoms with Gasteiger partial charge in [-0.2, -0.15) is 15.7 Å². The molecule has 260 valence electrons. The number of thiophene rings is 2. The van der Waals surface area contributed by atoms with Gasteiger partial charge in [-0.1, -0.05) is 15.9 Å². The van der Waals surface area contributed by atoms with Crippen LogP contribution in [0.15, 0.2) is 31.3 Å². The molecule has 4 atom stereocenters. The Morgan fingerprint density at radius 1 is 0.848 bits per heavy atom. The number of alkyl halides is 1. The summed E-state index contributed by atoms with van der Waals surface area (Å²) < 4.78 is 81.8. The van der Waals surface area contributed by atoms with Crippen molar-refractivity contribution in [1.82, 2.24) is 8.61 Å². The first kappa shape index (κ1) is 44.5. The summed E-state index contributed by atoms with van der Waals surface area (Å²) in [6.45, 7) is 10.7. The first-order valence-corrected chi connectivity index (χ1v) is 20.4. The molecule has 2 aromatic heterocycles. The van der Waals surface area contributed by atoms with Gasteiger partial charge in [0.15, 0.2) is 12.6 Å². The molecule has 0 fully saturated rings. The maximum Gasteiger partial charge on any atom is 1.00 e. The van der Waals surface area contributed by atoms with Crippen LogP contribution in [0.4, 0.5) is 0 Å². The van der Waals surface area contributed by atoms with Crippen molar-refractivity contribution in [2.75, 3.05) is 65.5 Å². The van der Waals surface area contributed by atoms with Crippen LogP contribution in [0.5, 0.6) is 0 Å². The van der Waals surface area contributed by atoms with Crippen molar-refractivity contribution >= 4 is 58.7 Å². The fourth-order valence-electron chi connectivity index (χ4n) is 4.79. The molecule has 12 nitrogen and oxygen atoms in total. The number of nitrogens with zero attached hydrogens (tertiary/aromatic N) is 2. The summed E-state index contributed by atoms with van der Waals surface area (Å²) in [7, 11) is -4.45. The summed E-state index contributed by atoms with van der Waals surface area (Å²) in [5.74, 6) is 0. The third-order valence-corrected chi connectivity index (χ3v) is 14.0. The molecule has 2 aliphatic rings. The molecule has 0 spiro atoms. The molecular weight excluding hydrogens is 755 g/mol. The van der Waals surface area contributed by atoms with Crippen LogP contribution < -0.4 is 34.7 Å². The average molecular weight is 802 g/mol. The van der Waals surface area contributed by atoms with E-state index in [2.05, 4.69) is 15.9 Å². The monoisotopic (exact) mass is 800 g/mol. The SMILES string of the molecule is CCOC(C)OC1CN(CCCBr)S(=O)(=O)c2sccc21.CCOC(C)OC1CN(CCCOC)S(=O)(=O)c2sccc21.C[O-].[Na+]. The van der Waals surface area contributed by atoms with Gasteiger partial charge in [-0.15, -0.1) is 22.7 Å². The molecule has 0 radical (unpaired) electrons. The minimum absolute atomic E-state index is 0. The molecule has 2 aliphatic heterocycles. The van der Waals surface area contributed by atoms with Crippen molar-refractivity contribution in [1.29, 1.82) is 0 Å². The fraction of sp³-hybridized carbons (Fsp3) is 0.714. The molecule has 18 heteroatoms. The predicted octanol–water partition coefficient (Wildman–Crippen LogP) is 1.19. The summed E-state index contributed by atoms with van der Waals surface area (Å²) in [4.78, 5) is 0. The van der Waals surface area contributed by atoms with Crippen LogP contribution in [0.2, 0.25) is 0 Å². The van der Waals surface area contributed by atoms with Crippen molar-refractivity contribution < 1.29 is 75.2 Å². The Hall–Kier alpha value is 0.460. The topological polar surface area (TPSA) is 144 Å². The molecule has 0 saturated carbocycles. The van der Waals surface area contributed by atoms with E-state index in [1.54, 1.807) is 17.9 Å². The third-order valence-electron chi connectivity index (χ3n) is 6.71. The van der Waals surface area contributed by atoms with Crippen LogP contribution in [0.1, 0.15) is 63.9 Å². The van der Waals surface area contributed by atoms with Crippen molar-refractivity contribution in [3.05, 3.63) is 34.0 Å². The molecule has 4 rings (SSSR count). The van der Waals surface area contributed by atoms with Crippen LogP contribution >= 0.6 is 38.6 Å². The van der Waals surface area contributed by atoms with Gasteiger partial charge in [-0.05, 0) is 63.4 Å². The zero-order valence-electron chi connectivity index (χ0n) is 27.7. The minimum Gasteiger partial charge on any atom is -0.857 e. The zero-order valence-corrected chi connectivity index (χ0v) is 34.5.